The predicted octanol–water partition coefficient (Wildman–Crippen LogP) is 4.26. The van der Waals surface area contributed by atoms with Gasteiger partial charge in [0.2, 0.25) is 6.79 Å². The largest absolute Gasteiger partial charge is 0.453 e. The quantitative estimate of drug-likeness (QED) is 0.778. The molecule has 18 heavy (non-hydrogen) atoms. The Bertz CT molecular complexity index is 455. The highest BCUT2D eigenvalue weighted by atomic mass is 16.7. The summed E-state index contributed by atoms with van der Waals surface area (Å²) in [5.41, 5.74) is 4.14. The number of hydrogen-bond donors (Lipinski definition) is 0. The van der Waals surface area contributed by atoms with Gasteiger partial charge in [0.25, 0.3) is 0 Å². The molecule has 100 valence electrons. The van der Waals surface area contributed by atoms with Crippen LogP contribution < -0.4 is 9.47 Å². The van der Waals surface area contributed by atoms with Crippen LogP contribution in [0.4, 0.5) is 0 Å². The molecule has 0 saturated heterocycles. The van der Waals surface area contributed by atoms with E-state index in [1.165, 1.54) is 16.7 Å². The van der Waals surface area contributed by atoms with Crippen molar-refractivity contribution in [3.8, 4) is 11.5 Å². The van der Waals surface area contributed by atoms with Crippen molar-refractivity contribution in [1.29, 1.82) is 0 Å². The Morgan fingerprint density at radius 2 is 1.78 bits per heavy atom. The minimum Gasteiger partial charge on any atom is -0.453 e. The molecule has 1 aliphatic heterocycles. The van der Waals surface area contributed by atoms with Gasteiger partial charge in [-0.2, -0.15) is 0 Å². The van der Waals surface area contributed by atoms with Crippen molar-refractivity contribution in [1.82, 2.24) is 0 Å². The van der Waals surface area contributed by atoms with Gasteiger partial charge in [-0.25, -0.2) is 0 Å². The molecule has 2 rings (SSSR count). The van der Waals surface area contributed by atoms with Crippen molar-refractivity contribution in [2.24, 2.45) is 11.3 Å². The molecule has 0 radical (unpaired) electrons. The molecule has 0 bridgehead atoms. The fourth-order valence-corrected chi connectivity index (χ4v) is 2.28. The van der Waals surface area contributed by atoms with Crippen molar-refractivity contribution >= 4 is 0 Å². The fraction of sp³-hybridized carbons (Fsp3) is 0.625. The van der Waals surface area contributed by atoms with Gasteiger partial charge < -0.3 is 9.47 Å². The number of benzene rings is 1. The molecule has 2 heteroatoms. The van der Waals surface area contributed by atoms with Gasteiger partial charge in [-0.1, -0.05) is 33.8 Å². The van der Waals surface area contributed by atoms with Crippen molar-refractivity contribution in [3.05, 3.63) is 22.8 Å². The smallest absolute Gasteiger partial charge is 0.231 e. The van der Waals surface area contributed by atoms with Gasteiger partial charge in [0.05, 0.1) is 0 Å². The van der Waals surface area contributed by atoms with Gasteiger partial charge >= 0.3 is 0 Å². The fourth-order valence-electron chi connectivity index (χ4n) is 2.28. The van der Waals surface area contributed by atoms with Gasteiger partial charge in [0.1, 0.15) is 0 Å². The van der Waals surface area contributed by atoms with Crippen LogP contribution in [0.25, 0.3) is 0 Å². The summed E-state index contributed by atoms with van der Waals surface area (Å²) >= 11 is 0. The molecule has 0 aromatic heterocycles. The van der Waals surface area contributed by atoms with Crippen LogP contribution in [0.1, 0.15) is 44.4 Å². The Morgan fingerprint density at radius 1 is 1.17 bits per heavy atom. The maximum absolute atomic E-state index is 5.60. The van der Waals surface area contributed by atoms with Crippen LogP contribution in [0.5, 0.6) is 11.5 Å². The molecule has 0 aliphatic carbocycles. The van der Waals surface area contributed by atoms with E-state index in [0.29, 0.717) is 18.1 Å². The molecular weight excluding hydrogens is 224 g/mol. The summed E-state index contributed by atoms with van der Waals surface area (Å²) in [7, 11) is 0. The lowest BCUT2D eigenvalue weighted by atomic mass is 9.78. The molecule has 1 aliphatic rings. The molecule has 0 amide bonds. The average molecular weight is 248 g/mol. The number of fused-ring (bicyclic) bond motifs is 1. The van der Waals surface area contributed by atoms with Gasteiger partial charge in [0, 0.05) is 0 Å². The van der Waals surface area contributed by atoms with E-state index in [4.69, 9.17) is 9.47 Å². The van der Waals surface area contributed by atoms with Crippen LogP contribution in [0.15, 0.2) is 6.07 Å². The van der Waals surface area contributed by atoms with Crippen molar-refractivity contribution in [2.75, 3.05) is 6.79 Å². The maximum Gasteiger partial charge on any atom is 0.231 e. The van der Waals surface area contributed by atoms with Crippen LogP contribution >= 0.6 is 0 Å². The Hall–Kier alpha value is -1.18. The van der Waals surface area contributed by atoms with E-state index >= 15 is 0 Å². The normalized spacial score (nSPS) is 15.9. The zero-order chi connectivity index (χ0) is 13.5. The van der Waals surface area contributed by atoms with Gasteiger partial charge in [-0.15, -0.1) is 0 Å². The first-order chi connectivity index (χ1) is 8.30. The Kier molecular flexibility index (Phi) is 3.31. The van der Waals surface area contributed by atoms with E-state index in [1.54, 1.807) is 0 Å². The second-order valence-electron chi connectivity index (χ2n) is 6.51. The van der Waals surface area contributed by atoms with E-state index in [9.17, 15) is 0 Å². The Balaban J connectivity index is 2.33. The molecule has 0 spiro atoms. The first-order valence-corrected chi connectivity index (χ1v) is 6.69. The van der Waals surface area contributed by atoms with Crippen LogP contribution in [0.3, 0.4) is 0 Å². The Morgan fingerprint density at radius 3 is 2.39 bits per heavy atom. The molecule has 1 heterocycles. The molecule has 0 N–H and O–H groups in total. The molecule has 1 atom stereocenters. The van der Waals surface area contributed by atoms with E-state index < -0.39 is 0 Å². The van der Waals surface area contributed by atoms with Crippen molar-refractivity contribution in [3.63, 3.8) is 0 Å². The third kappa shape index (κ3) is 2.33. The topological polar surface area (TPSA) is 18.5 Å². The summed E-state index contributed by atoms with van der Waals surface area (Å²) in [6.07, 6.45) is 1.09. The van der Waals surface area contributed by atoms with E-state index in [2.05, 4.69) is 47.6 Å². The monoisotopic (exact) mass is 248 g/mol. The molecule has 0 saturated carbocycles. The third-order valence-electron chi connectivity index (χ3n) is 4.19. The lowest BCUT2D eigenvalue weighted by Gasteiger charge is -2.28. The second kappa shape index (κ2) is 4.49. The van der Waals surface area contributed by atoms with Gasteiger partial charge in [-0.3, -0.25) is 0 Å². The lowest BCUT2D eigenvalue weighted by Crippen LogP contribution is -2.19. The molecule has 1 aromatic rings. The summed E-state index contributed by atoms with van der Waals surface area (Å²) < 4.78 is 11.1. The summed E-state index contributed by atoms with van der Waals surface area (Å²) in [6, 6.07) is 2.26. The zero-order valence-electron chi connectivity index (χ0n) is 12.4. The van der Waals surface area contributed by atoms with Gasteiger partial charge in [-0.05, 0) is 48.3 Å². The van der Waals surface area contributed by atoms with Gasteiger partial charge in [0.15, 0.2) is 11.5 Å². The Labute approximate surface area is 110 Å². The third-order valence-corrected chi connectivity index (χ3v) is 4.19. The van der Waals surface area contributed by atoms with Crippen molar-refractivity contribution < 1.29 is 9.47 Å². The number of hydrogen-bond acceptors (Lipinski definition) is 2. The van der Waals surface area contributed by atoms with Crippen LogP contribution in [0, 0.1) is 25.2 Å². The molecule has 2 nitrogen and oxygen atoms in total. The summed E-state index contributed by atoms with van der Waals surface area (Å²) in [5.74, 6) is 2.52. The highest BCUT2D eigenvalue weighted by Gasteiger charge is 2.25. The first kappa shape index (κ1) is 13.3. The number of rotatable bonds is 2. The highest BCUT2D eigenvalue weighted by molar-refractivity contribution is 5.56. The molecule has 1 unspecified atom stereocenters. The van der Waals surface area contributed by atoms with E-state index in [1.807, 2.05) is 0 Å². The average Bonchev–Trinajstić information content (AvgIpc) is 2.73. The zero-order valence-corrected chi connectivity index (χ0v) is 12.4. The first-order valence-electron chi connectivity index (χ1n) is 6.69. The minimum atomic E-state index is 0.330. The molecular formula is C16H24O2. The minimum absolute atomic E-state index is 0.330. The van der Waals surface area contributed by atoms with E-state index in [-0.39, 0.29) is 0 Å². The SMILES string of the molecule is Cc1cc(CC(C)C(C)(C)C)c(C)c2c1OCO2. The molecule has 1 aromatic carbocycles. The van der Waals surface area contributed by atoms with Crippen LogP contribution in [-0.2, 0) is 6.42 Å². The standard InChI is InChI=1S/C16H24O2/c1-10-7-13(8-11(2)16(4,5)6)12(3)15-14(10)17-9-18-15/h7,11H,8-9H2,1-6H3. The molecule has 0 fully saturated rings. The second-order valence-corrected chi connectivity index (χ2v) is 6.51. The van der Waals surface area contributed by atoms with Crippen LogP contribution in [0.2, 0.25) is 0 Å². The highest BCUT2D eigenvalue weighted by Crippen LogP contribution is 2.41. The maximum atomic E-state index is 5.60. The lowest BCUT2D eigenvalue weighted by molar-refractivity contribution is 0.173. The predicted molar refractivity (Wildman–Crippen MR) is 74.4 cm³/mol. The van der Waals surface area contributed by atoms with Crippen LogP contribution in [-0.4, -0.2) is 6.79 Å². The summed E-state index contributed by atoms with van der Waals surface area (Å²) in [5, 5.41) is 0. The van der Waals surface area contributed by atoms with E-state index in [0.717, 1.165) is 17.9 Å². The number of aryl methyl sites for hydroxylation is 1. The van der Waals surface area contributed by atoms with Crippen molar-refractivity contribution in [2.45, 2.75) is 48.0 Å². The summed E-state index contributed by atoms with van der Waals surface area (Å²) in [4.78, 5) is 0. The summed E-state index contributed by atoms with van der Waals surface area (Å²) in [6.45, 7) is 13.8. The number of ether oxygens (including phenoxy) is 2.